The highest BCUT2D eigenvalue weighted by Crippen LogP contribution is 2.47. The number of nitrogens with zero attached hydrogens (tertiary/aromatic N) is 1. The summed E-state index contributed by atoms with van der Waals surface area (Å²) in [6, 6.07) is 7.60. The van der Waals surface area contributed by atoms with Crippen LogP contribution in [-0.4, -0.2) is 41.0 Å². The maximum absolute atomic E-state index is 12.8. The fraction of sp³-hybridized carbons (Fsp3) is 0.450. The fourth-order valence-corrected chi connectivity index (χ4v) is 4.84. The first-order valence-electron chi connectivity index (χ1n) is 9.27. The molecule has 6 nitrogen and oxygen atoms in total. The zero-order valence-corrected chi connectivity index (χ0v) is 18.3. The second-order valence-electron chi connectivity index (χ2n) is 6.80. The van der Waals surface area contributed by atoms with Crippen molar-refractivity contribution >= 4 is 45.5 Å². The van der Waals surface area contributed by atoms with Crippen molar-refractivity contribution in [2.45, 2.75) is 39.3 Å². The summed E-state index contributed by atoms with van der Waals surface area (Å²) in [5.41, 5.74) is 1.26. The summed E-state index contributed by atoms with van der Waals surface area (Å²) >= 11 is 4.89. The maximum Gasteiger partial charge on any atom is 0.356 e. The standard InChI is InChI=1S/C20H23BrN2O4S/c1-3-15-16-10-17(28-9-8-22-12(2)24)18(23(16)19(15)25)20(26)27-11-13-4-6-14(21)7-5-13/h4-7,15-16H,3,8-11H2,1-2H3,(H,22,24)/t15-,16+/m0/s1. The Morgan fingerprint density at radius 1 is 1.32 bits per heavy atom. The fourth-order valence-electron chi connectivity index (χ4n) is 3.52. The molecule has 150 valence electrons. The zero-order valence-electron chi connectivity index (χ0n) is 15.9. The second kappa shape index (κ2) is 9.13. The maximum atomic E-state index is 12.8. The molecule has 3 rings (SSSR count). The Balaban J connectivity index is 1.69. The molecule has 2 amide bonds. The molecule has 1 saturated heterocycles. The number of hydrogen-bond donors (Lipinski definition) is 1. The molecule has 2 heterocycles. The number of β-lactam (4-membered cyclic amide) rings is 1. The Bertz CT molecular complexity index is 809. The van der Waals surface area contributed by atoms with Gasteiger partial charge in [0.15, 0.2) is 0 Å². The van der Waals surface area contributed by atoms with E-state index in [0.717, 1.165) is 21.4 Å². The van der Waals surface area contributed by atoms with Crippen molar-refractivity contribution in [3.05, 3.63) is 44.9 Å². The van der Waals surface area contributed by atoms with E-state index in [2.05, 4.69) is 21.2 Å². The van der Waals surface area contributed by atoms with Crippen LogP contribution in [0.2, 0.25) is 0 Å². The van der Waals surface area contributed by atoms with Gasteiger partial charge in [0.1, 0.15) is 12.3 Å². The van der Waals surface area contributed by atoms with Gasteiger partial charge in [0, 0.05) is 35.0 Å². The van der Waals surface area contributed by atoms with Gasteiger partial charge in [0.25, 0.3) is 0 Å². The van der Waals surface area contributed by atoms with Gasteiger partial charge in [-0.15, -0.1) is 11.8 Å². The van der Waals surface area contributed by atoms with Crippen LogP contribution in [0.1, 0.15) is 32.3 Å². The van der Waals surface area contributed by atoms with Crippen LogP contribution in [0.15, 0.2) is 39.3 Å². The van der Waals surface area contributed by atoms with E-state index in [4.69, 9.17) is 4.74 Å². The molecule has 0 bridgehead atoms. The normalized spacial score (nSPS) is 20.7. The van der Waals surface area contributed by atoms with Crippen LogP contribution in [0, 0.1) is 5.92 Å². The van der Waals surface area contributed by atoms with Gasteiger partial charge < -0.3 is 15.0 Å². The lowest BCUT2D eigenvalue weighted by Gasteiger charge is -2.43. The lowest BCUT2D eigenvalue weighted by molar-refractivity contribution is -0.157. The van der Waals surface area contributed by atoms with Gasteiger partial charge >= 0.3 is 5.97 Å². The number of carbonyl (C=O) groups excluding carboxylic acids is 3. The molecule has 1 N–H and O–H groups in total. The number of esters is 1. The number of ether oxygens (including phenoxy) is 1. The summed E-state index contributed by atoms with van der Waals surface area (Å²) in [5.74, 6) is 0.0722. The molecule has 1 aromatic carbocycles. The van der Waals surface area contributed by atoms with Gasteiger partial charge in [-0.25, -0.2) is 4.79 Å². The van der Waals surface area contributed by atoms with Crippen molar-refractivity contribution < 1.29 is 19.1 Å². The minimum Gasteiger partial charge on any atom is -0.456 e. The van der Waals surface area contributed by atoms with Gasteiger partial charge in [-0.2, -0.15) is 0 Å². The van der Waals surface area contributed by atoms with E-state index < -0.39 is 5.97 Å². The van der Waals surface area contributed by atoms with Gasteiger partial charge in [-0.3, -0.25) is 9.59 Å². The zero-order chi connectivity index (χ0) is 20.3. The highest BCUT2D eigenvalue weighted by atomic mass is 79.9. The van der Waals surface area contributed by atoms with E-state index in [1.807, 2.05) is 31.2 Å². The van der Waals surface area contributed by atoms with E-state index in [1.54, 1.807) is 4.90 Å². The van der Waals surface area contributed by atoms with Crippen LogP contribution in [-0.2, 0) is 25.7 Å². The number of carbonyl (C=O) groups is 3. The van der Waals surface area contributed by atoms with Crippen LogP contribution >= 0.6 is 27.7 Å². The van der Waals surface area contributed by atoms with E-state index in [1.165, 1.54) is 18.7 Å². The summed E-state index contributed by atoms with van der Waals surface area (Å²) in [6.07, 6.45) is 1.45. The molecule has 28 heavy (non-hydrogen) atoms. The summed E-state index contributed by atoms with van der Waals surface area (Å²) in [4.78, 5) is 38.8. The summed E-state index contributed by atoms with van der Waals surface area (Å²) in [5, 5.41) is 2.75. The van der Waals surface area contributed by atoms with Crippen LogP contribution in [0.25, 0.3) is 0 Å². The Kier molecular flexibility index (Phi) is 6.82. The van der Waals surface area contributed by atoms with Crippen LogP contribution in [0.4, 0.5) is 0 Å². The number of rotatable bonds is 8. The third-order valence-corrected chi connectivity index (χ3v) is 6.56. The van der Waals surface area contributed by atoms with Gasteiger partial charge in [0.2, 0.25) is 11.8 Å². The SMILES string of the molecule is CC[C@@H]1C(=O)N2C(C(=O)OCc3ccc(Br)cc3)=C(SCCNC(C)=O)C[C@H]12. The molecule has 1 fully saturated rings. The Labute approximate surface area is 177 Å². The van der Waals surface area contributed by atoms with Crippen molar-refractivity contribution in [1.29, 1.82) is 0 Å². The molecule has 2 atom stereocenters. The van der Waals surface area contributed by atoms with Crippen molar-refractivity contribution in [3.63, 3.8) is 0 Å². The smallest absolute Gasteiger partial charge is 0.356 e. The third kappa shape index (κ3) is 4.43. The van der Waals surface area contributed by atoms with Crippen molar-refractivity contribution in [1.82, 2.24) is 10.2 Å². The molecule has 2 aliphatic rings. The molecule has 0 aromatic heterocycles. The monoisotopic (exact) mass is 466 g/mol. The third-order valence-electron chi connectivity index (χ3n) is 4.92. The predicted molar refractivity (Wildman–Crippen MR) is 111 cm³/mol. The Hall–Kier alpha value is -1.80. The average molecular weight is 467 g/mol. The molecular weight excluding hydrogens is 444 g/mol. The number of nitrogens with one attached hydrogen (secondary N) is 1. The highest BCUT2D eigenvalue weighted by Gasteiger charge is 2.54. The van der Waals surface area contributed by atoms with Crippen LogP contribution in [0.5, 0.6) is 0 Å². The molecule has 0 unspecified atom stereocenters. The van der Waals surface area contributed by atoms with Crippen molar-refractivity contribution in [2.75, 3.05) is 12.3 Å². The predicted octanol–water partition coefficient (Wildman–Crippen LogP) is 3.21. The van der Waals surface area contributed by atoms with E-state index in [0.29, 0.717) is 24.4 Å². The molecule has 2 aliphatic heterocycles. The van der Waals surface area contributed by atoms with Crippen LogP contribution < -0.4 is 5.32 Å². The topological polar surface area (TPSA) is 75.7 Å². The molecular formula is C20H23BrN2O4S. The summed E-state index contributed by atoms with van der Waals surface area (Å²) in [7, 11) is 0. The first-order chi connectivity index (χ1) is 13.4. The van der Waals surface area contributed by atoms with E-state index in [-0.39, 0.29) is 30.4 Å². The van der Waals surface area contributed by atoms with E-state index in [9.17, 15) is 14.4 Å². The average Bonchev–Trinajstić information content (AvgIpc) is 2.99. The second-order valence-corrected chi connectivity index (χ2v) is 8.91. The number of benzene rings is 1. The first-order valence-corrected chi connectivity index (χ1v) is 11.0. The molecule has 8 heteroatoms. The quantitative estimate of drug-likeness (QED) is 0.361. The number of fused-ring (bicyclic) bond motifs is 1. The number of halogens is 1. The van der Waals surface area contributed by atoms with Gasteiger partial charge in [-0.1, -0.05) is 35.0 Å². The largest absolute Gasteiger partial charge is 0.456 e. The van der Waals surface area contributed by atoms with Gasteiger partial charge in [0.05, 0.1) is 12.0 Å². The summed E-state index contributed by atoms with van der Waals surface area (Å²) in [6.45, 7) is 4.14. The number of amides is 2. The lowest BCUT2D eigenvalue weighted by Crippen LogP contribution is -2.58. The number of thioether (sulfide) groups is 1. The molecule has 0 aliphatic carbocycles. The Morgan fingerprint density at radius 3 is 2.68 bits per heavy atom. The van der Waals surface area contributed by atoms with Crippen molar-refractivity contribution in [3.8, 4) is 0 Å². The van der Waals surface area contributed by atoms with E-state index >= 15 is 0 Å². The molecule has 1 aromatic rings. The molecule has 0 spiro atoms. The highest BCUT2D eigenvalue weighted by molar-refractivity contribution is 9.10. The van der Waals surface area contributed by atoms with Crippen LogP contribution in [0.3, 0.4) is 0 Å². The minimum absolute atomic E-state index is 0.000512. The minimum atomic E-state index is -0.463. The summed E-state index contributed by atoms with van der Waals surface area (Å²) < 4.78 is 6.46. The molecule has 0 radical (unpaired) electrons. The number of hydrogen-bond acceptors (Lipinski definition) is 5. The lowest BCUT2D eigenvalue weighted by atomic mass is 9.85. The Morgan fingerprint density at radius 2 is 2.04 bits per heavy atom. The first kappa shape index (κ1) is 20.9. The van der Waals surface area contributed by atoms with Crippen molar-refractivity contribution in [2.24, 2.45) is 5.92 Å². The van der Waals surface area contributed by atoms with Gasteiger partial charge in [-0.05, 0) is 24.1 Å². The molecule has 0 saturated carbocycles.